The van der Waals surface area contributed by atoms with Crippen LogP contribution in [0.5, 0.6) is 0 Å². The highest BCUT2D eigenvalue weighted by Crippen LogP contribution is 2.34. The summed E-state index contributed by atoms with van der Waals surface area (Å²) in [4.78, 5) is 0. The van der Waals surface area contributed by atoms with E-state index < -0.39 is 17.9 Å². The van der Waals surface area contributed by atoms with Crippen LogP contribution in [0, 0.1) is 17.1 Å². The predicted octanol–water partition coefficient (Wildman–Crippen LogP) is 3.00. The third-order valence-corrected chi connectivity index (χ3v) is 1.64. The van der Waals surface area contributed by atoms with Crippen molar-refractivity contribution in [3.63, 3.8) is 0 Å². The number of hydrogen-bond acceptors (Lipinski definition) is 1. The minimum Gasteiger partial charge on any atom is -0.207 e. The van der Waals surface area contributed by atoms with Gasteiger partial charge in [-0.15, -0.1) is 0 Å². The van der Waals surface area contributed by atoms with Gasteiger partial charge in [0.15, 0.2) is 5.92 Å². The second kappa shape index (κ2) is 3.66. The van der Waals surface area contributed by atoms with Crippen molar-refractivity contribution in [2.75, 3.05) is 0 Å². The molecule has 0 N–H and O–H groups in total. The summed E-state index contributed by atoms with van der Waals surface area (Å²) >= 11 is 0. The molecule has 1 aromatic rings. The molecule has 0 spiro atoms. The monoisotopic (exact) mass is 203 g/mol. The maximum Gasteiger partial charge on any atom is 0.408 e. The summed E-state index contributed by atoms with van der Waals surface area (Å²) in [5.74, 6) is -3.05. The summed E-state index contributed by atoms with van der Waals surface area (Å²) < 4.78 is 49.2. The maximum atomic E-state index is 12.6. The van der Waals surface area contributed by atoms with Gasteiger partial charge >= 0.3 is 6.18 Å². The molecule has 1 aromatic carbocycles. The average molecular weight is 203 g/mol. The van der Waals surface area contributed by atoms with Crippen LogP contribution >= 0.6 is 0 Å². The molecule has 0 aliphatic rings. The first kappa shape index (κ1) is 10.5. The molecule has 0 saturated carbocycles. The fourth-order valence-corrected chi connectivity index (χ4v) is 1.02. The molecule has 0 amide bonds. The van der Waals surface area contributed by atoms with Gasteiger partial charge in [-0.1, -0.05) is 12.1 Å². The summed E-state index contributed by atoms with van der Waals surface area (Å²) in [6.07, 6.45) is -4.66. The Balaban J connectivity index is 3.09. The van der Waals surface area contributed by atoms with Gasteiger partial charge in [-0.3, -0.25) is 0 Å². The third kappa shape index (κ3) is 2.22. The van der Waals surface area contributed by atoms with E-state index in [9.17, 15) is 17.6 Å². The molecule has 1 rings (SSSR count). The molecular formula is C9H5F4N. The molecule has 0 bridgehead atoms. The van der Waals surface area contributed by atoms with E-state index in [1.165, 1.54) is 0 Å². The zero-order chi connectivity index (χ0) is 10.8. The summed E-state index contributed by atoms with van der Waals surface area (Å²) in [5.41, 5.74) is -0.375. The number of halogens is 4. The highest BCUT2D eigenvalue weighted by atomic mass is 19.4. The van der Waals surface area contributed by atoms with Crippen LogP contribution in [0.15, 0.2) is 24.3 Å². The van der Waals surface area contributed by atoms with Gasteiger partial charge in [0.2, 0.25) is 0 Å². The Bertz CT molecular complexity index is 364. The normalized spacial score (nSPS) is 13.4. The van der Waals surface area contributed by atoms with Crippen molar-refractivity contribution in [3.8, 4) is 6.07 Å². The van der Waals surface area contributed by atoms with Crippen LogP contribution in [0.4, 0.5) is 17.6 Å². The number of rotatable bonds is 1. The molecule has 1 atom stereocenters. The molecule has 0 saturated heterocycles. The first-order valence-electron chi connectivity index (χ1n) is 3.67. The van der Waals surface area contributed by atoms with Crippen molar-refractivity contribution in [1.82, 2.24) is 0 Å². The van der Waals surface area contributed by atoms with Gasteiger partial charge in [0.1, 0.15) is 5.82 Å². The van der Waals surface area contributed by atoms with Crippen molar-refractivity contribution < 1.29 is 17.6 Å². The number of benzene rings is 1. The van der Waals surface area contributed by atoms with Crippen LogP contribution in [0.25, 0.3) is 0 Å². The second-order valence-corrected chi connectivity index (χ2v) is 2.66. The molecular weight excluding hydrogens is 198 g/mol. The Kier molecular flexibility index (Phi) is 2.75. The highest BCUT2D eigenvalue weighted by molar-refractivity contribution is 5.27. The fourth-order valence-electron chi connectivity index (χ4n) is 1.02. The van der Waals surface area contributed by atoms with Crippen molar-refractivity contribution >= 4 is 0 Å². The van der Waals surface area contributed by atoms with E-state index in [0.29, 0.717) is 6.07 Å². The average Bonchev–Trinajstić information content (AvgIpc) is 2.02. The van der Waals surface area contributed by atoms with Gasteiger partial charge in [0.25, 0.3) is 0 Å². The summed E-state index contributed by atoms with van der Waals surface area (Å²) in [7, 11) is 0. The van der Waals surface area contributed by atoms with Crippen molar-refractivity contribution in [2.45, 2.75) is 12.1 Å². The fraction of sp³-hybridized carbons (Fsp3) is 0.222. The Morgan fingerprint density at radius 2 is 1.93 bits per heavy atom. The molecule has 0 aliphatic carbocycles. The van der Waals surface area contributed by atoms with Crippen LogP contribution in [0.1, 0.15) is 11.5 Å². The lowest BCUT2D eigenvalue weighted by atomic mass is 10.0. The van der Waals surface area contributed by atoms with E-state index in [1.807, 2.05) is 0 Å². The molecule has 0 aromatic heterocycles. The lowest BCUT2D eigenvalue weighted by Gasteiger charge is -2.12. The van der Waals surface area contributed by atoms with Crippen LogP contribution < -0.4 is 0 Å². The maximum absolute atomic E-state index is 12.6. The van der Waals surface area contributed by atoms with Gasteiger partial charge < -0.3 is 0 Å². The number of hydrogen-bond donors (Lipinski definition) is 0. The zero-order valence-corrected chi connectivity index (χ0v) is 6.85. The standard InChI is InChI=1S/C9H5F4N/c10-7-3-1-2-6(4-7)8(5-14)9(11,12)13/h1-4,8H/t8-/m0/s1. The van der Waals surface area contributed by atoms with E-state index in [1.54, 1.807) is 0 Å². The first-order chi connectivity index (χ1) is 6.45. The lowest BCUT2D eigenvalue weighted by Crippen LogP contribution is -2.19. The van der Waals surface area contributed by atoms with Crippen molar-refractivity contribution in [1.29, 1.82) is 5.26 Å². The Morgan fingerprint density at radius 3 is 2.36 bits per heavy atom. The van der Waals surface area contributed by atoms with Gasteiger partial charge in [0.05, 0.1) is 6.07 Å². The first-order valence-corrected chi connectivity index (χ1v) is 3.67. The largest absolute Gasteiger partial charge is 0.408 e. The molecule has 1 nitrogen and oxygen atoms in total. The molecule has 0 heterocycles. The van der Waals surface area contributed by atoms with E-state index in [0.717, 1.165) is 24.3 Å². The molecule has 0 aliphatic heterocycles. The summed E-state index contributed by atoms with van der Waals surface area (Å²) in [5, 5.41) is 8.31. The molecule has 0 unspecified atom stereocenters. The SMILES string of the molecule is N#C[C@@H](c1cccc(F)c1)C(F)(F)F. The number of alkyl halides is 3. The van der Waals surface area contributed by atoms with E-state index >= 15 is 0 Å². The predicted molar refractivity (Wildman–Crippen MR) is 40.8 cm³/mol. The van der Waals surface area contributed by atoms with Gasteiger partial charge in [0, 0.05) is 0 Å². The van der Waals surface area contributed by atoms with Crippen molar-refractivity contribution in [3.05, 3.63) is 35.6 Å². The molecule has 14 heavy (non-hydrogen) atoms. The summed E-state index contributed by atoms with van der Waals surface area (Å²) in [6.45, 7) is 0. The quantitative estimate of drug-likeness (QED) is 0.643. The Morgan fingerprint density at radius 1 is 1.29 bits per heavy atom. The summed E-state index contributed by atoms with van der Waals surface area (Å²) in [6, 6.07) is 5.04. The molecule has 5 heteroatoms. The minimum absolute atomic E-state index is 0.375. The second-order valence-electron chi connectivity index (χ2n) is 2.66. The molecule has 74 valence electrons. The van der Waals surface area contributed by atoms with E-state index in [2.05, 4.69) is 0 Å². The van der Waals surface area contributed by atoms with Gasteiger partial charge in [-0.05, 0) is 17.7 Å². The van der Waals surface area contributed by atoms with Crippen LogP contribution in [0.2, 0.25) is 0 Å². The van der Waals surface area contributed by atoms with Crippen LogP contribution in [0.3, 0.4) is 0 Å². The topological polar surface area (TPSA) is 23.8 Å². The Labute approximate surface area is 77.6 Å². The van der Waals surface area contributed by atoms with Crippen LogP contribution in [-0.4, -0.2) is 6.18 Å². The van der Waals surface area contributed by atoms with E-state index in [-0.39, 0.29) is 5.56 Å². The minimum atomic E-state index is -4.66. The van der Waals surface area contributed by atoms with Crippen molar-refractivity contribution in [2.24, 2.45) is 0 Å². The van der Waals surface area contributed by atoms with Crippen LogP contribution in [-0.2, 0) is 0 Å². The van der Waals surface area contributed by atoms with Gasteiger partial charge in [-0.2, -0.15) is 18.4 Å². The lowest BCUT2D eigenvalue weighted by molar-refractivity contribution is -0.137. The van der Waals surface area contributed by atoms with Gasteiger partial charge in [-0.25, -0.2) is 4.39 Å². The third-order valence-electron chi connectivity index (χ3n) is 1.64. The smallest absolute Gasteiger partial charge is 0.207 e. The number of nitriles is 1. The van der Waals surface area contributed by atoms with E-state index in [4.69, 9.17) is 5.26 Å². The molecule has 0 fully saturated rings. The number of nitrogens with zero attached hydrogens (tertiary/aromatic N) is 1. The molecule has 0 radical (unpaired) electrons. The highest BCUT2D eigenvalue weighted by Gasteiger charge is 2.41. The Hall–Kier alpha value is -1.57. The zero-order valence-electron chi connectivity index (χ0n) is 6.85.